The summed E-state index contributed by atoms with van der Waals surface area (Å²) in [5, 5.41) is 0. The number of thiol groups is 1. The predicted octanol–water partition coefficient (Wildman–Crippen LogP) is 2.27. The average Bonchev–Trinajstić information content (AvgIpc) is 2.15. The number of aryl methyl sites for hydroxylation is 1. The Morgan fingerprint density at radius 1 is 1.80 bits per heavy atom. The highest BCUT2D eigenvalue weighted by atomic mass is 32.1. The average molecular weight is 155 g/mol. The van der Waals surface area contributed by atoms with Gasteiger partial charge in [-0.15, -0.1) is 12.6 Å². The first kappa shape index (κ1) is 7.41. The van der Waals surface area contributed by atoms with Gasteiger partial charge in [-0.3, -0.25) is 0 Å². The molecule has 0 spiro atoms. The normalized spacial score (nSPS) is 12.1. The summed E-state index contributed by atoms with van der Waals surface area (Å²) >= 11 is 4.11. The van der Waals surface area contributed by atoms with E-state index in [9.17, 15) is 0 Å². The van der Waals surface area contributed by atoms with Gasteiger partial charge in [0.05, 0.1) is 5.69 Å². The molecule has 1 aromatic rings. The van der Waals surface area contributed by atoms with Gasteiger partial charge in [-0.05, 0) is 24.8 Å². The molecule has 54 valence electrons. The van der Waals surface area contributed by atoms with Gasteiger partial charge in [-0.25, -0.2) is 4.98 Å². The fraction of sp³-hybridized carbons (Fsp3) is 0.286. The van der Waals surface area contributed by atoms with Gasteiger partial charge in [-0.2, -0.15) is 0 Å². The monoisotopic (exact) mass is 155 g/mol. The van der Waals surface area contributed by atoms with Crippen molar-refractivity contribution in [2.24, 2.45) is 0 Å². The van der Waals surface area contributed by atoms with Crippen LogP contribution in [0.15, 0.2) is 15.7 Å². The summed E-state index contributed by atoms with van der Waals surface area (Å²) in [6, 6.07) is 0. The second-order valence-electron chi connectivity index (χ2n) is 2.09. The summed E-state index contributed by atoms with van der Waals surface area (Å²) in [6.45, 7) is 3.79. The Morgan fingerprint density at radius 3 is 2.90 bits per heavy atom. The molecular weight excluding hydrogens is 146 g/mol. The number of allylic oxidation sites excluding steroid dienone is 1. The zero-order valence-corrected chi connectivity index (χ0v) is 6.85. The van der Waals surface area contributed by atoms with Crippen molar-refractivity contribution in [2.75, 3.05) is 0 Å². The first-order chi connectivity index (χ1) is 4.70. The Hall–Kier alpha value is -0.700. The van der Waals surface area contributed by atoms with Crippen molar-refractivity contribution in [3.8, 4) is 0 Å². The smallest absolute Gasteiger partial charge is 0.181 e. The van der Waals surface area contributed by atoms with Crippen LogP contribution in [0, 0.1) is 6.92 Å². The molecule has 1 heterocycles. The lowest BCUT2D eigenvalue weighted by molar-refractivity contribution is 0.547. The van der Waals surface area contributed by atoms with E-state index in [1.807, 2.05) is 19.9 Å². The van der Waals surface area contributed by atoms with E-state index in [1.54, 1.807) is 0 Å². The van der Waals surface area contributed by atoms with Gasteiger partial charge in [0.1, 0.15) is 0 Å². The fourth-order valence-corrected chi connectivity index (χ4v) is 0.757. The SMILES string of the molecule is C/C(S)=C\c1ocnc1C. The van der Waals surface area contributed by atoms with Gasteiger partial charge in [0.15, 0.2) is 12.2 Å². The van der Waals surface area contributed by atoms with Crippen LogP contribution in [0.25, 0.3) is 6.08 Å². The highest BCUT2D eigenvalue weighted by Gasteiger charge is 1.97. The van der Waals surface area contributed by atoms with Gasteiger partial charge in [0.2, 0.25) is 0 Å². The van der Waals surface area contributed by atoms with Crippen LogP contribution in [-0.4, -0.2) is 4.98 Å². The molecule has 0 aromatic carbocycles. The molecule has 1 aromatic heterocycles. The highest BCUT2D eigenvalue weighted by Crippen LogP contribution is 2.11. The molecule has 2 nitrogen and oxygen atoms in total. The van der Waals surface area contributed by atoms with Crippen molar-refractivity contribution < 1.29 is 4.42 Å². The van der Waals surface area contributed by atoms with Crippen molar-refractivity contribution >= 4 is 18.7 Å². The van der Waals surface area contributed by atoms with E-state index in [0.29, 0.717) is 0 Å². The number of rotatable bonds is 1. The number of nitrogens with zero attached hydrogens (tertiary/aromatic N) is 1. The quantitative estimate of drug-likeness (QED) is 0.629. The first-order valence-corrected chi connectivity index (χ1v) is 3.42. The molecule has 0 fully saturated rings. The minimum Gasteiger partial charge on any atom is -0.444 e. The third-order valence-corrected chi connectivity index (χ3v) is 1.25. The van der Waals surface area contributed by atoms with Crippen molar-refractivity contribution in [1.29, 1.82) is 0 Å². The maximum Gasteiger partial charge on any atom is 0.181 e. The standard InChI is InChI=1S/C7H9NOS/c1-5(10)3-7-6(2)8-4-9-7/h3-4,10H,1-2H3/b5-3+. The molecule has 0 aliphatic carbocycles. The molecule has 0 N–H and O–H groups in total. The van der Waals surface area contributed by atoms with Crippen LogP contribution in [0.5, 0.6) is 0 Å². The van der Waals surface area contributed by atoms with Crippen LogP contribution in [-0.2, 0) is 0 Å². The van der Waals surface area contributed by atoms with Gasteiger partial charge in [0.25, 0.3) is 0 Å². The topological polar surface area (TPSA) is 26.0 Å². The van der Waals surface area contributed by atoms with Crippen LogP contribution >= 0.6 is 12.6 Å². The molecule has 0 atom stereocenters. The lowest BCUT2D eigenvalue weighted by Gasteiger charge is -1.86. The largest absolute Gasteiger partial charge is 0.444 e. The number of hydrogen-bond donors (Lipinski definition) is 1. The van der Waals surface area contributed by atoms with Crippen molar-refractivity contribution in [2.45, 2.75) is 13.8 Å². The summed E-state index contributed by atoms with van der Waals surface area (Å²) in [4.78, 5) is 4.84. The van der Waals surface area contributed by atoms with Crippen molar-refractivity contribution in [3.05, 3.63) is 22.8 Å². The van der Waals surface area contributed by atoms with E-state index in [0.717, 1.165) is 16.4 Å². The molecule has 0 saturated heterocycles. The van der Waals surface area contributed by atoms with E-state index < -0.39 is 0 Å². The molecule has 0 aliphatic heterocycles. The van der Waals surface area contributed by atoms with Crippen LogP contribution in [0.4, 0.5) is 0 Å². The van der Waals surface area contributed by atoms with E-state index in [2.05, 4.69) is 17.6 Å². The Bertz CT molecular complexity index is 248. The van der Waals surface area contributed by atoms with Crippen LogP contribution in [0.2, 0.25) is 0 Å². The van der Waals surface area contributed by atoms with Gasteiger partial charge < -0.3 is 4.42 Å². The van der Waals surface area contributed by atoms with Crippen LogP contribution in [0.3, 0.4) is 0 Å². The lowest BCUT2D eigenvalue weighted by Crippen LogP contribution is -1.72. The predicted molar refractivity (Wildman–Crippen MR) is 43.9 cm³/mol. The fourth-order valence-electron chi connectivity index (χ4n) is 0.639. The van der Waals surface area contributed by atoms with Gasteiger partial charge in [0, 0.05) is 0 Å². The van der Waals surface area contributed by atoms with Crippen LogP contribution < -0.4 is 0 Å². The van der Waals surface area contributed by atoms with Crippen LogP contribution in [0.1, 0.15) is 18.4 Å². The van der Waals surface area contributed by atoms with E-state index >= 15 is 0 Å². The number of hydrogen-bond acceptors (Lipinski definition) is 3. The molecular formula is C7H9NOS. The zero-order valence-electron chi connectivity index (χ0n) is 5.96. The lowest BCUT2D eigenvalue weighted by atomic mass is 10.3. The van der Waals surface area contributed by atoms with E-state index in [4.69, 9.17) is 4.42 Å². The molecule has 0 saturated carbocycles. The summed E-state index contributed by atoms with van der Waals surface area (Å²) < 4.78 is 5.04. The molecule has 0 aliphatic rings. The maximum absolute atomic E-state index is 5.04. The zero-order chi connectivity index (χ0) is 7.56. The second kappa shape index (κ2) is 2.92. The third kappa shape index (κ3) is 1.64. The molecule has 0 amide bonds. The minimum absolute atomic E-state index is 0.785. The summed E-state index contributed by atoms with van der Waals surface area (Å²) in [5.74, 6) is 0.785. The minimum atomic E-state index is 0.785. The van der Waals surface area contributed by atoms with Crippen molar-refractivity contribution in [1.82, 2.24) is 4.98 Å². The van der Waals surface area contributed by atoms with Crippen molar-refractivity contribution in [3.63, 3.8) is 0 Å². The molecule has 0 bridgehead atoms. The van der Waals surface area contributed by atoms with Gasteiger partial charge in [-0.1, -0.05) is 0 Å². The summed E-state index contributed by atoms with van der Waals surface area (Å²) in [6.07, 6.45) is 3.27. The first-order valence-electron chi connectivity index (χ1n) is 2.97. The molecule has 0 unspecified atom stereocenters. The molecule has 3 heteroatoms. The summed E-state index contributed by atoms with van der Waals surface area (Å²) in [5.41, 5.74) is 0.897. The Balaban J connectivity index is 2.95. The molecule has 1 rings (SSSR count). The highest BCUT2D eigenvalue weighted by molar-refractivity contribution is 7.84. The third-order valence-electron chi connectivity index (χ3n) is 1.12. The number of aromatic nitrogens is 1. The van der Waals surface area contributed by atoms with E-state index in [1.165, 1.54) is 6.39 Å². The Kier molecular flexibility index (Phi) is 2.17. The molecule has 10 heavy (non-hydrogen) atoms. The summed E-state index contributed by atoms with van der Waals surface area (Å²) in [7, 11) is 0. The van der Waals surface area contributed by atoms with E-state index in [-0.39, 0.29) is 0 Å². The Labute approximate surface area is 65.4 Å². The second-order valence-corrected chi connectivity index (χ2v) is 2.79. The number of oxazole rings is 1. The Morgan fingerprint density at radius 2 is 2.50 bits per heavy atom. The van der Waals surface area contributed by atoms with Gasteiger partial charge >= 0.3 is 0 Å². The maximum atomic E-state index is 5.04. The molecule has 0 radical (unpaired) electrons.